The average molecular weight is 580 g/mol. The summed E-state index contributed by atoms with van der Waals surface area (Å²) in [5, 5.41) is 2.91. The minimum absolute atomic E-state index is 0.0487. The summed E-state index contributed by atoms with van der Waals surface area (Å²) in [6.45, 7) is 11.4. The van der Waals surface area contributed by atoms with Crippen LogP contribution in [0.3, 0.4) is 0 Å². The fourth-order valence-electron chi connectivity index (χ4n) is 4.35. The number of methoxy groups -OCH3 is 1. The number of benzene rings is 3. The molecule has 0 aliphatic carbocycles. The summed E-state index contributed by atoms with van der Waals surface area (Å²) in [4.78, 5) is 28.8. The Morgan fingerprint density at radius 3 is 2.15 bits per heavy atom. The number of carbonyl (C=O) groups is 2. The first-order chi connectivity index (χ1) is 19.3. The Kier molecular flexibility index (Phi) is 10.6. The molecule has 3 aromatic rings. The number of amides is 2. The standard InChI is InChI=1S/C32H41N3O5S/c1-22(2)19-33-32(37)26(6)34(20-27-11-9-8-10-25(27)5)31(36)21-35(29-18-24(4)14-17-30(29)40-7)41(38,39)28-15-12-23(3)13-16-28/h8-18,22,26H,19-21H2,1-7H3,(H,33,37). The molecular formula is C32H41N3O5S. The second kappa shape index (κ2) is 13.7. The maximum atomic E-state index is 14.1. The van der Waals surface area contributed by atoms with Crippen molar-refractivity contribution < 1.29 is 22.7 Å². The van der Waals surface area contributed by atoms with Crippen molar-refractivity contribution in [1.29, 1.82) is 0 Å². The molecule has 1 unspecified atom stereocenters. The lowest BCUT2D eigenvalue weighted by Crippen LogP contribution is -2.51. The number of anilines is 1. The van der Waals surface area contributed by atoms with Gasteiger partial charge in [-0.25, -0.2) is 8.42 Å². The van der Waals surface area contributed by atoms with Gasteiger partial charge in [-0.3, -0.25) is 13.9 Å². The van der Waals surface area contributed by atoms with E-state index in [1.807, 2.05) is 65.0 Å². The zero-order chi connectivity index (χ0) is 30.3. The lowest BCUT2D eigenvalue weighted by Gasteiger charge is -2.33. The number of sulfonamides is 1. The van der Waals surface area contributed by atoms with Crippen LogP contribution in [-0.4, -0.2) is 51.4 Å². The van der Waals surface area contributed by atoms with E-state index in [-0.39, 0.29) is 29.0 Å². The second-order valence-electron chi connectivity index (χ2n) is 10.8. The Morgan fingerprint density at radius 1 is 0.902 bits per heavy atom. The molecule has 1 N–H and O–H groups in total. The van der Waals surface area contributed by atoms with Crippen molar-refractivity contribution in [3.8, 4) is 5.75 Å². The summed E-state index contributed by atoms with van der Waals surface area (Å²) in [5.74, 6) is -0.274. The third-order valence-corrected chi connectivity index (χ3v) is 8.72. The van der Waals surface area contributed by atoms with E-state index in [0.29, 0.717) is 12.3 Å². The first-order valence-electron chi connectivity index (χ1n) is 13.7. The Morgan fingerprint density at radius 2 is 1.54 bits per heavy atom. The van der Waals surface area contributed by atoms with E-state index in [4.69, 9.17) is 4.74 Å². The first kappa shape index (κ1) is 31.7. The van der Waals surface area contributed by atoms with Crippen LogP contribution in [0.25, 0.3) is 0 Å². The van der Waals surface area contributed by atoms with E-state index in [2.05, 4.69) is 5.32 Å². The molecule has 0 aliphatic rings. The number of nitrogens with one attached hydrogen (secondary N) is 1. The van der Waals surface area contributed by atoms with Crippen LogP contribution in [0.15, 0.2) is 71.6 Å². The number of aryl methyl sites for hydroxylation is 3. The molecule has 0 spiro atoms. The Labute approximate surface area is 244 Å². The number of ether oxygens (including phenoxy) is 1. The van der Waals surface area contributed by atoms with Gasteiger partial charge in [0.05, 0.1) is 17.7 Å². The van der Waals surface area contributed by atoms with Crippen LogP contribution in [-0.2, 0) is 26.2 Å². The molecule has 0 radical (unpaired) electrons. The predicted octanol–water partition coefficient (Wildman–Crippen LogP) is 5.01. The predicted molar refractivity (Wildman–Crippen MR) is 162 cm³/mol. The summed E-state index contributed by atoms with van der Waals surface area (Å²) >= 11 is 0. The molecule has 9 heteroatoms. The van der Waals surface area contributed by atoms with E-state index >= 15 is 0 Å². The third-order valence-electron chi connectivity index (χ3n) is 6.94. The van der Waals surface area contributed by atoms with E-state index < -0.39 is 28.5 Å². The molecule has 8 nitrogen and oxygen atoms in total. The number of carbonyl (C=O) groups excluding carboxylic acids is 2. The molecular weight excluding hydrogens is 538 g/mol. The van der Waals surface area contributed by atoms with Gasteiger partial charge in [0.25, 0.3) is 10.0 Å². The van der Waals surface area contributed by atoms with Crippen LogP contribution < -0.4 is 14.4 Å². The fraction of sp³-hybridized carbons (Fsp3) is 0.375. The van der Waals surface area contributed by atoms with Crippen LogP contribution >= 0.6 is 0 Å². The molecule has 2 amide bonds. The number of rotatable bonds is 12. The largest absolute Gasteiger partial charge is 0.495 e. The molecule has 0 aromatic heterocycles. The maximum Gasteiger partial charge on any atom is 0.264 e. The van der Waals surface area contributed by atoms with Crippen molar-refractivity contribution in [2.45, 2.75) is 59.0 Å². The molecule has 0 saturated heterocycles. The minimum Gasteiger partial charge on any atom is -0.495 e. The first-order valence-corrected chi connectivity index (χ1v) is 15.1. The monoisotopic (exact) mass is 579 g/mol. The zero-order valence-electron chi connectivity index (χ0n) is 25.0. The zero-order valence-corrected chi connectivity index (χ0v) is 25.8. The summed E-state index contributed by atoms with van der Waals surface area (Å²) < 4.78 is 34.8. The molecule has 3 aromatic carbocycles. The summed E-state index contributed by atoms with van der Waals surface area (Å²) in [6.07, 6.45) is 0. The number of nitrogens with zero attached hydrogens (tertiary/aromatic N) is 2. The van der Waals surface area contributed by atoms with Gasteiger partial charge in [0.1, 0.15) is 18.3 Å². The van der Waals surface area contributed by atoms with Gasteiger partial charge in [-0.15, -0.1) is 0 Å². The third kappa shape index (κ3) is 7.88. The van der Waals surface area contributed by atoms with Crippen molar-refractivity contribution in [3.05, 3.63) is 89.0 Å². The van der Waals surface area contributed by atoms with Crippen LogP contribution in [0.1, 0.15) is 43.0 Å². The topological polar surface area (TPSA) is 96.0 Å². The smallest absolute Gasteiger partial charge is 0.264 e. The Bertz CT molecular complexity index is 1470. The van der Waals surface area contributed by atoms with Crippen molar-refractivity contribution in [2.24, 2.45) is 5.92 Å². The lowest BCUT2D eigenvalue weighted by molar-refractivity contribution is -0.139. The van der Waals surface area contributed by atoms with Crippen molar-refractivity contribution in [1.82, 2.24) is 10.2 Å². The van der Waals surface area contributed by atoms with Crippen molar-refractivity contribution in [3.63, 3.8) is 0 Å². The fourth-order valence-corrected chi connectivity index (χ4v) is 5.77. The molecule has 1 atom stereocenters. The quantitative estimate of drug-likeness (QED) is 0.326. The maximum absolute atomic E-state index is 14.1. The average Bonchev–Trinajstić information content (AvgIpc) is 2.93. The Hall–Kier alpha value is -3.85. The molecule has 0 saturated carbocycles. The van der Waals surface area contributed by atoms with Crippen molar-refractivity contribution in [2.75, 3.05) is 24.5 Å². The van der Waals surface area contributed by atoms with Crippen LogP contribution in [0.2, 0.25) is 0 Å². The normalized spacial score (nSPS) is 12.1. The van der Waals surface area contributed by atoms with E-state index in [1.165, 1.54) is 24.1 Å². The van der Waals surface area contributed by atoms with E-state index in [1.54, 1.807) is 31.2 Å². The van der Waals surface area contributed by atoms with Gasteiger partial charge < -0.3 is 15.0 Å². The van der Waals surface area contributed by atoms with Gasteiger partial charge in [0, 0.05) is 13.1 Å². The molecule has 0 aliphatic heterocycles. The summed E-state index contributed by atoms with van der Waals surface area (Å²) in [7, 11) is -2.74. The highest BCUT2D eigenvalue weighted by atomic mass is 32.2. The van der Waals surface area contributed by atoms with Gasteiger partial charge >= 0.3 is 0 Å². The molecule has 0 bridgehead atoms. The summed E-state index contributed by atoms with van der Waals surface area (Å²) in [5.41, 5.74) is 3.78. The SMILES string of the molecule is COc1ccc(C)cc1N(CC(=O)N(Cc1ccccc1C)C(C)C(=O)NCC(C)C)S(=O)(=O)c1ccc(C)cc1. The number of hydrogen-bond acceptors (Lipinski definition) is 5. The number of hydrogen-bond donors (Lipinski definition) is 1. The molecule has 3 rings (SSSR count). The van der Waals surface area contributed by atoms with Gasteiger partial charge in [-0.05, 0) is 74.6 Å². The highest BCUT2D eigenvalue weighted by molar-refractivity contribution is 7.92. The van der Waals surface area contributed by atoms with Crippen LogP contribution in [0, 0.1) is 26.7 Å². The van der Waals surface area contributed by atoms with Crippen LogP contribution in [0.5, 0.6) is 5.75 Å². The Balaban J connectivity index is 2.09. The van der Waals surface area contributed by atoms with E-state index in [9.17, 15) is 18.0 Å². The molecule has 41 heavy (non-hydrogen) atoms. The minimum atomic E-state index is -4.19. The highest BCUT2D eigenvalue weighted by Gasteiger charge is 2.34. The molecule has 0 fully saturated rings. The highest BCUT2D eigenvalue weighted by Crippen LogP contribution is 2.34. The van der Waals surface area contributed by atoms with Gasteiger partial charge in [-0.1, -0.05) is 61.9 Å². The van der Waals surface area contributed by atoms with Crippen LogP contribution in [0.4, 0.5) is 5.69 Å². The molecule has 0 heterocycles. The second-order valence-corrected chi connectivity index (χ2v) is 12.6. The molecule has 220 valence electrons. The summed E-state index contributed by atoms with van der Waals surface area (Å²) in [6, 6.07) is 18.4. The van der Waals surface area contributed by atoms with Gasteiger partial charge in [0.15, 0.2) is 0 Å². The van der Waals surface area contributed by atoms with Gasteiger partial charge in [-0.2, -0.15) is 0 Å². The lowest BCUT2D eigenvalue weighted by atomic mass is 10.1. The van der Waals surface area contributed by atoms with Gasteiger partial charge in [0.2, 0.25) is 11.8 Å². The van der Waals surface area contributed by atoms with E-state index in [0.717, 1.165) is 26.6 Å². The van der Waals surface area contributed by atoms with Crippen molar-refractivity contribution >= 4 is 27.5 Å².